The maximum atomic E-state index is 15.1. The predicted molar refractivity (Wildman–Crippen MR) is 121 cm³/mol. The van der Waals surface area contributed by atoms with Crippen molar-refractivity contribution in [1.29, 1.82) is 0 Å². The number of aromatic nitrogens is 5. The van der Waals surface area contributed by atoms with Gasteiger partial charge in [-0.2, -0.15) is 9.97 Å². The molecule has 0 radical (unpaired) electrons. The van der Waals surface area contributed by atoms with Crippen LogP contribution in [0.1, 0.15) is 18.7 Å². The van der Waals surface area contributed by atoms with E-state index in [1.54, 1.807) is 7.05 Å². The highest BCUT2D eigenvalue weighted by molar-refractivity contribution is 6.15. The van der Waals surface area contributed by atoms with Crippen LogP contribution in [0.2, 0.25) is 0 Å². The number of hydrogen-bond acceptors (Lipinski definition) is 9. The molecule has 2 aliphatic rings. The van der Waals surface area contributed by atoms with Gasteiger partial charge in [0, 0.05) is 31.7 Å². The van der Waals surface area contributed by atoms with Crippen molar-refractivity contribution in [3.63, 3.8) is 0 Å². The molecule has 0 unspecified atom stereocenters. The van der Waals surface area contributed by atoms with Gasteiger partial charge in [0.25, 0.3) is 0 Å². The third-order valence-electron chi connectivity index (χ3n) is 6.75. The summed E-state index contributed by atoms with van der Waals surface area (Å²) in [6.45, 7) is 0.367. The Labute approximate surface area is 192 Å². The molecule has 2 bridgehead atoms. The molecule has 4 heterocycles. The Kier molecular flexibility index (Phi) is 4.74. The van der Waals surface area contributed by atoms with E-state index in [4.69, 9.17) is 15.6 Å². The number of nitrogens with one attached hydrogen (secondary N) is 2. The lowest BCUT2D eigenvalue weighted by molar-refractivity contribution is 0.270. The smallest absolute Gasteiger partial charge is 0.326 e. The van der Waals surface area contributed by atoms with E-state index < -0.39 is 11.6 Å². The second kappa shape index (κ2) is 7.71. The molecule has 5 N–H and O–H groups in total. The highest BCUT2D eigenvalue weighted by Gasteiger charge is 2.44. The Balaban J connectivity index is 1.55. The summed E-state index contributed by atoms with van der Waals surface area (Å²) in [4.78, 5) is 22.3. The number of H-pyrrole nitrogens is 1. The van der Waals surface area contributed by atoms with E-state index in [0.717, 1.165) is 18.9 Å². The lowest BCUT2D eigenvalue weighted by Crippen LogP contribution is -2.41. The molecule has 12 heteroatoms. The third-order valence-corrected chi connectivity index (χ3v) is 6.75. The predicted octanol–water partition coefficient (Wildman–Crippen LogP) is 2.43. The lowest BCUT2D eigenvalue weighted by Gasteiger charge is -2.31. The van der Waals surface area contributed by atoms with Crippen LogP contribution in [0, 0.1) is 17.6 Å². The second-order valence-corrected chi connectivity index (χ2v) is 8.70. The first kappa shape index (κ1) is 20.9. The van der Waals surface area contributed by atoms with E-state index in [0.29, 0.717) is 40.5 Å². The molecular weight excluding hydrogens is 446 g/mol. The Bertz CT molecular complexity index is 1410. The van der Waals surface area contributed by atoms with Crippen LogP contribution in [0.25, 0.3) is 21.9 Å². The summed E-state index contributed by atoms with van der Waals surface area (Å²) < 4.78 is 35.4. The van der Waals surface area contributed by atoms with Crippen LogP contribution in [0.5, 0.6) is 11.8 Å². The number of rotatable bonds is 5. The number of ether oxygens (including phenoxy) is 1. The topological polar surface area (TPSA) is 138 Å². The van der Waals surface area contributed by atoms with Crippen LogP contribution in [-0.4, -0.2) is 55.7 Å². The van der Waals surface area contributed by atoms with Crippen LogP contribution in [0.15, 0.2) is 18.5 Å². The number of fused-ring (bicyclic) bond motifs is 5. The van der Waals surface area contributed by atoms with Crippen molar-refractivity contribution in [2.75, 3.05) is 23.8 Å². The first-order chi connectivity index (χ1) is 16.5. The maximum absolute atomic E-state index is 15.1. The number of hydrogen-bond donors (Lipinski definition) is 4. The van der Waals surface area contributed by atoms with Crippen LogP contribution < -0.4 is 20.7 Å². The summed E-state index contributed by atoms with van der Waals surface area (Å²) in [6, 6.07) is 1.37. The van der Waals surface area contributed by atoms with Gasteiger partial charge in [-0.05, 0) is 18.8 Å². The lowest BCUT2D eigenvalue weighted by atomic mass is 10.0. The molecule has 10 nitrogen and oxygen atoms in total. The Morgan fingerprint density at radius 3 is 2.68 bits per heavy atom. The first-order valence-corrected chi connectivity index (χ1v) is 11.0. The molecule has 4 aromatic rings. The van der Waals surface area contributed by atoms with E-state index in [2.05, 4.69) is 35.1 Å². The zero-order valence-electron chi connectivity index (χ0n) is 18.2. The van der Waals surface area contributed by atoms with Crippen molar-refractivity contribution in [1.82, 2.24) is 24.9 Å². The van der Waals surface area contributed by atoms with Gasteiger partial charge in [0.15, 0.2) is 23.2 Å². The number of aromatic amines is 1. The molecule has 0 amide bonds. The number of nitrogens with two attached hydrogens (primary N) is 1. The van der Waals surface area contributed by atoms with Crippen molar-refractivity contribution < 1.29 is 18.6 Å². The van der Waals surface area contributed by atoms with Crippen LogP contribution >= 0.6 is 0 Å². The molecule has 2 fully saturated rings. The number of benzene rings is 1. The molecular formula is C22H22F2N8O2. The number of piperidine rings is 1. The fraction of sp³-hybridized carbons (Fsp3) is 0.364. The standard InChI is InChI=1S/C22H22F2N8O2/c1-26-14-4-12(23)18(24)16-17-20(29-19(14)16)30-22(34-11-5-27-15(8-33)28-6-11)31-21(17)32-7-9-2-10(32)3-13(9)25/h4-6,9-10,13,26,33H,2-3,7-8,25H2,1H3,(H,29,30,31)/t9-,10-,13-/m1/s1. The van der Waals surface area contributed by atoms with Crippen molar-refractivity contribution in [3.8, 4) is 11.8 Å². The van der Waals surface area contributed by atoms with Gasteiger partial charge in [0.2, 0.25) is 0 Å². The Morgan fingerprint density at radius 1 is 1.24 bits per heavy atom. The van der Waals surface area contributed by atoms with Gasteiger partial charge in [-0.3, -0.25) is 0 Å². The Morgan fingerprint density at radius 2 is 2.03 bits per heavy atom. The highest BCUT2D eigenvalue weighted by Crippen LogP contribution is 2.44. The summed E-state index contributed by atoms with van der Waals surface area (Å²) in [5.41, 5.74) is 7.35. The molecule has 1 aliphatic heterocycles. The third kappa shape index (κ3) is 3.13. The van der Waals surface area contributed by atoms with Gasteiger partial charge >= 0.3 is 6.01 Å². The summed E-state index contributed by atoms with van der Waals surface area (Å²) in [7, 11) is 1.63. The molecule has 3 aromatic heterocycles. The minimum absolute atomic E-state index is 0.00774. The number of aliphatic hydroxyl groups excluding tert-OH is 1. The van der Waals surface area contributed by atoms with E-state index in [-0.39, 0.29) is 41.7 Å². The summed E-state index contributed by atoms with van der Waals surface area (Å²) in [6.07, 6.45) is 4.52. The number of anilines is 2. The van der Waals surface area contributed by atoms with Gasteiger partial charge in [-0.15, -0.1) is 0 Å². The fourth-order valence-electron chi connectivity index (χ4n) is 5.14. The van der Waals surface area contributed by atoms with Gasteiger partial charge < -0.3 is 30.8 Å². The minimum Gasteiger partial charge on any atom is -0.421 e. The van der Waals surface area contributed by atoms with Crippen molar-refractivity contribution in [3.05, 3.63) is 35.9 Å². The zero-order valence-corrected chi connectivity index (χ0v) is 18.2. The molecule has 1 saturated carbocycles. The maximum Gasteiger partial charge on any atom is 0.326 e. The van der Waals surface area contributed by atoms with Gasteiger partial charge in [0.05, 0.1) is 34.4 Å². The quantitative estimate of drug-likeness (QED) is 0.348. The van der Waals surface area contributed by atoms with E-state index in [1.165, 1.54) is 12.4 Å². The Hall–Kier alpha value is -3.64. The largest absolute Gasteiger partial charge is 0.421 e. The molecule has 1 aliphatic carbocycles. The average Bonchev–Trinajstić information content (AvgIpc) is 3.53. The summed E-state index contributed by atoms with van der Waals surface area (Å²) in [5, 5.41) is 12.5. The number of nitrogens with zero attached hydrogens (tertiary/aromatic N) is 5. The van der Waals surface area contributed by atoms with Gasteiger partial charge in [-0.25, -0.2) is 18.7 Å². The SMILES string of the molecule is CNc1cc(F)c(F)c2c1[nH]c1nc(Oc3cnc(CO)nc3)nc(N3C[C@H]4C[C@@H]3C[C@H]4N)c12. The fourth-order valence-corrected chi connectivity index (χ4v) is 5.14. The molecule has 1 saturated heterocycles. The van der Waals surface area contributed by atoms with Crippen molar-refractivity contribution in [2.24, 2.45) is 11.7 Å². The van der Waals surface area contributed by atoms with Gasteiger partial charge in [-0.1, -0.05) is 0 Å². The van der Waals surface area contributed by atoms with Gasteiger partial charge in [0.1, 0.15) is 18.1 Å². The number of aliphatic hydroxyl groups is 1. The zero-order chi connectivity index (χ0) is 23.6. The second-order valence-electron chi connectivity index (χ2n) is 8.70. The molecule has 1 aromatic carbocycles. The minimum atomic E-state index is -0.965. The van der Waals surface area contributed by atoms with Crippen LogP contribution in [0.4, 0.5) is 20.3 Å². The van der Waals surface area contributed by atoms with Crippen LogP contribution in [0.3, 0.4) is 0 Å². The summed E-state index contributed by atoms with van der Waals surface area (Å²) in [5.74, 6) is -0.634. The molecule has 0 spiro atoms. The average molecular weight is 468 g/mol. The first-order valence-electron chi connectivity index (χ1n) is 11.0. The molecule has 3 atom stereocenters. The van der Waals surface area contributed by atoms with E-state index in [1.807, 2.05) is 0 Å². The van der Waals surface area contributed by atoms with Crippen molar-refractivity contribution in [2.45, 2.75) is 31.5 Å². The number of halogens is 2. The monoisotopic (exact) mass is 468 g/mol. The van der Waals surface area contributed by atoms with Crippen molar-refractivity contribution >= 4 is 33.4 Å². The molecule has 176 valence electrons. The highest BCUT2D eigenvalue weighted by atomic mass is 19.2. The van der Waals surface area contributed by atoms with E-state index >= 15 is 4.39 Å². The normalized spacial score (nSPS) is 21.7. The molecule has 6 rings (SSSR count). The molecule has 34 heavy (non-hydrogen) atoms. The van der Waals surface area contributed by atoms with E-state index in [9.17, 15) is 4.39 Å². The summed E-state index contributed by atoms with van der Waals surface area (Å²) >= 11 is 0. The van der Waals surface area contributed by atoms with Crippen LogP contribution in [-0.2, 0) is 6.61 Å².